The van der Waals surface area contributed by atoms with Crippen molar-refractivity contribution in [3.63, 3.8) is 0 Å². The van der Waals surface area contributed by atoms with Crippen LogP contribution in [-0.2, 0) is 12.6 Å². The smallest absolute Gasteiger partial charge is 0.416 e. The van der Waals surface area contributed by atoms with Crippen molar-refractivity contribution in [1.29, 1.82) is 0 Å². The average Bonchev–Trinajstić information content (AvgIpc) is 2.61. The molecule has 0 spiro atoms. The van der Waals surface area contributed by atoms with Crippen LogP contribution in [0.25, 0.3) is 11.3 Å². The molecule has 29 heavy (non-hydrogen) atoms. The third kappa shape index (κ3) is 4.85. The van der Waals surface area contributed by atoms with E-state index >= 15 is 0 Å². The lowest BCUT2D eigenvalue weighted by molar-refractivity contribution is -0.137. The number of hydrogen-bond acceptors (Lipinski definition) is 6. The molecule has 0 bridgehead atoms. The van der Waals surface area contributed by atoms with E-state index in [1.54, 1.807) is 6.92 Å². The van der Waals surface area contributed by atoms with Crippen molar-refractivity contribution in [2.45, 2.75) is 44.7 Å². The van der Waals surface area contributed by atoms with Crippen molar-refractivity contribution in [2.24, 2.45) is 5.92 Å². The van der Waals surface area contributed by atoms with Gasteiger partial charge in [-0.3, -0.25) is 4.90 Å². The first kappa shape index (κ1) is 21.5. The molecule has 9 heteroatoms. The highest BCUT2D eigenvalue weighted by Gasteiger charge is 2.32. The SMILES string of the molecule is Cc1cc(CC2CCC(C(O)O)N(C)C2)nnc1-c1ccc(C(F)(F)F)cc1O. The van der Waals surface area contributed by atoms with Gasteiger partial charge in [-0.1, -0.05) is 0 Å². The first-order chi connectivity index (χ1) is 13.6. The summed E-state index contributed by atoms with van der Waals surface area (Å²) in [5, 5.41) is 37.2. The quantitative estimate of drug-likeness (QED) is 0.671. The number of aromatic nitrogens is 2. The molecule has 2 unspecified atom stereocenters. The fourth-order valence-electron chi connectivity index (χ4n) is 3.91. The fourth-order valence-corrected chi connectivity index (χ4v) is 3.91. The Kier molecular flexibility index (Phi) is 6.11. The second-order valence-electron chi connectivity index (χ2n) is 7.67. The zero-order chi connectivity index (χ0) is 21.3. The third-order valence-corrected chi connectivity index (χ3v) is 5.44. The van der Waals surface area contributed by atoms with E-state index in [1.165, 1.54) is 6.07 Å². The number of benzene rings is 1. The van der Waals surface area contributed by atoms with Gasteiger partial charge in [-0.25, -0.2) is 0 Å². The lowest BCUT2D eigenvalue weighted by Crippen LogP contribution is -2.47. The number of aliphatic hydroxyl groups excluding tert-OH is 1. The molecule has 158 valence electrons. The molecule has 2 aromatic rings. The van der Waals surface area contributed by atoms with Crippen LogP contribution in [0.4, 0.5) is 13.2 Å². The van der Waals surface area contributed by atoms with Crippen LogP contribution in [-0.4, -0.2) is 56.3 Å². The van der Waals surface area contributed by atoms with Crippen molar-refractivity contribution < 1.29 is 28.5 Å². The Labute approximate surface area is 166 Å². The highest BCUT2D eigenvalue weighted by molar-refractivity contribution is 5.69. The van der Waals surface area contributed by atoms with Crippen molar-refractivity contribution in [2.75, 3.05) is 13.6 Å². The molecule has 1 fully saturated rings. The Balaban J connectivity index is 1.74. The van der Waals surface area contributed by atoms with E-state index < -0.39 is 23.8 Å². The van der Waals surface area contributed by atoms with Crippen LogP contribution < -0.4 is 0 Å². The monoisotopic (exact) mass is 411 g/mol. The number of aliphatic hydroxyl groups is 2. The molecule has 0 saturated carbocycles. The number of aromatic hydroxyl groups is 1. The lowest BCUT2D eigenvalue weighted by Gasteiger charge is -2.37. The maximum atomic E-state index is 12.8. The fraction of sp³-hybridized carbons (Fsp3) is 0.500. The largest absolute Gasteiger partial charge is 0.507 e. The van der Waals surface area contributed by atoms with Gasteiger partial charge in [0.15, 0.2) is 6.29 Å². The predicted octanol–water partition coefficient (Wildman–Crippen LogP) is 2.74. The standard InChI is InChI=1S/C20H24F3N3O3/c1-11-7-14(8-12-3-6-16(19(28)29)26(2)10-12)24-25-18(11)15-5-4-13(9-17(15)27)20(21,22)23/h4-5,7,9,12,16,19,27-29H,3,6,8,10H2,1-2H3. The molecule has 2 heterocycles. The second kappa shape index (κ2) is 8.25. The van der Waals surface area contributed by atoms with Gasteiger partial charge in [0.25, 0.3) is 0 Å². The van der Waals surface area contributed by atoms with E-state index in [9.17, 15) is 28.5 Å². The number of nitrogens with zero attached hydrogens (tertiary/aromatic N) is 3. The highest BCUT2D eigenvalue weighted by atomic mass is 19.4. The van der Waals surface area contributed by atoms with Gasteiger partial charge in [-0.15, -0.1) is 5.10 Å². The van der Waals surface area contributed by atoms with Gasteiger partial charge in [-0.2, -0.15) is 18.3 Å². The molecule has 2 atom stereocenters. The van der Waals surface area contributed by atoms with Crippen molar-refractivity contribution in [3.05, 3.63) is 41.1 Å². The van der Waals surface area contributed by atoms with E-state index in [0.717, 1.165) is 18.2 Å². The van der Waals surface area contributed by atoms with Gasteiger partial charge in [0.2, 0.25) is 0 Å². The van der Waals surface area contributed by atoms with E-state index in [2.05, 4.69) is 10.2 Å². The number of hydrogen-bond donors (Lipinski definition) is 3. The van der Waals surface area contributed by atoms with Crippen LogP contribution in [0.15, 0.2) is 24.3 Å². The molecule has 0 radical (unpaired) electrons. The minimum atomic E-state index is -4.53. The Morgan fingerprint density at radius 1 is 1.17 bits per heavy atom. The number of rotatable bonds is 4. The number of phenols is 1. The van der Waals surface area contributed by atoms with Crippen LogP contribution in [0.3, 0.4) is 0 Å². The van der Waals surface area contributed by atoms with E-state index in [-0.39, 0.29) is 17.5 Å². The topological polar surface area (TPSA) is 89.7 Å². The Bertz CT molecular complexity index is 874. The van der Waals surface area contributed by atoms with Crippen molar-refractivity contribution >= 4 is 0 Å². The predicted molar refractivity (Wildman–Crippen MR) is 99.9 cm³/mol. The van der Waals surface area contributed by atoms with Crippen LogP contribution in [0.5, 0.6) is 5.75 Å². The first-order valence-electron chi connectivity index (χ1n) is 9.36. The van der Waals surface area contributed by atoms with Gasteiger partial charge in [0.05, 0.1) is 23.0 Å². The van der Waals surface area contributed by atoms with Crippen molar-refractivity contribution in [3.8, 4) is 17.0 Å². The van der Waals surface area contributed by atoms with Crippen LogP contribution in [0.1, 0.15) is 29.7 Å². The Morgan fingerprint density at radius 2 is 1.90 bits per heavy atom. The summed E-state index contributed by atoms with van der Waals surface area (Å²) < 4.78 is 38.3. The molecule has 1 aromatic heterocycles. The first-order valence-corrected chi connectivity index (χ1v) is 9.36. The molecule has 0 amide bonds. The third-order valence-electron chi connectivity index (χ3n) is 5.44. The zero-order valence-corrected chi connectivity index (χ0v) is 16.2. The van der Waals surface area contributed by atoms with E-state index in [1.807, 2.05) is 18.0 Å². The number of likely N-dealkylation sites (tertiary alicyclic amines) is 1. The van der Waals surface area contributed by atoms with Crippen molar-refractivity contribution in [1.82, 2.24) is 15.1 Å². The van der Waals surface area contributed by atoms with Crippen LogP contribution in [0.2, 0.25) is 0 Å². The number of phenolic OH excluding ortho intramolecular Hbond substituents is 1. The molecule has 1 saturated heterocycles. The van der Waals surface area contributed by atoms with E-state index in [0.29, 0.717) is 36.7 Å². The molecule has 1 aliphatic heterocycles. The van der Waals surface area contributed by atoms with E-state index in [4.69, 9.17) is 0 Å². The normalized spacial score (nSPS) is 21.0. The molecule has 1 aromatic carbocycles. The highest BCUT2D eigenvalue weighted by Crippen LogP contribution is 2.36. The summed E-state index contributed by atoms with van der Waals surface area (Å²) in [5.41, 5.74) is 1.07. The van der Waals surface area contributed by atoms with Gasteiger partial charge in [-0.05, 0) is 69.0 Å². The van der Waals surface area contributed by atoms with Gasteiger partial charge >= 0.3 is 6.18 Å². The maximum Gasteiger partial charge on any atom is 0.416 e. The maximum absolute atomic E-state index is 12.8. The van der Waals surface area contributed by atoms with Gasteiger partial charge in [0.1, 0.15) is 5.75 Å². The van der Waals surface area contributed by atoms with Gasteiger partial charge in [0, 0.05) is 12.1 Å². The summed E-state index contributed by atoms with van der Waals surface area (Å²) in [6.07, 6.45) is -3.74. The summed E-state index contributed by atoms with van der Waals surface area (Å²) in [7, 11) is 1.85. The average molecular weight is 411 g/mol. The minimum absolute atomic E-state index is 0.201. The molecule has 6 nitrogen and oxygen atoms in total. The number of alkyl halides is 3. The number of likely N-dealkylation sites (N-methyl/N-ethyl adjacent to an activating group) is 1. The molecule has 3 rings (SSSR count). The van der Waals surface area contributed by atoms with Crippen LogP contribution in [0, 0.1) is 12.8 Å². The lowest BCUT2D eigenvalue weighted by atomic mass is 9.89. The van der Waals surface area contributed by atoms with Gasteiger partial charge < -0.3 is 15.3 Å². The molecule has 0 aliphatic carbocycles. The zero-order valence-electron chi connectivity index (χ0n) is 16.2. The second-order valence-corrected chi connectivity index (χ2v) is 7.67. The summed E-state index contributed by atoms with van der Waals surface area (Å²) >= 11 is 0. The number of aryl methyl sites for hydroxylation is 1. The summed E-state index contributed by atoms with van der Waals surface area (Å²) in [6, 6.07) is 4.35. The summed E-state index contributed by atoms with van der Waals surface area (Å²) in [4.78, 5) is 1.92. The summed E-state index contributed by atoms with van der Waals surface area (Å²) in [6.45, 7) is 2.47. The minimum Gasteiger partial charge on any atom is -0.507 e. The Morgan fingerprint density at radius 3 is 2.45 bits per heavy atom. The molecule has 3 N–H and O–H groups in total. The number of piperidine rings is 1. The Hall–Kier alpha value is -2.23. The number of halogens is 3. The molecular formula is C20H24F3N3O3. The molecular weight excluding hydrogens is 387 g/mol. The summed E-state index contributed by atoms with van der Waals surface area (Å²) in [5.74, 6) is -0.207. The van der Waals surface area contributed by atoms with Crippen LogP contribution >= 0.6 is 0 Å². The molecule has 1 aliphatic rings.